The van der Waals surface area contributed by atoms with E-state index in [1.807, 2.05) is 0 Å². The predicted octanol–water partition coefficient (Wildman–Crippen LogP) is 1.64. The molecule has 0 N–H and O–H groups in total. The minimum Gasteiger partial charge on any atom is -0.381 e. The van der Waals surface area contributed by atoms with Gasteiger partial charge in [0.1, 0.15) is 4.90 Å². The zero-order chi connectivity index (χ0) is 13.2. The van der Waals surface area contributed by atoms with Gasteiger partial charge in [0.05, 0.1) is 0 Å². The molecule has 0 aromatic carbocycles. The van der Waals surface area contributed by atoms with Crippen molar-refractivity contribution in [2.24, 2.45) is 0 Å². The molecule has 0 unspecified atom stereocenters. The van der Waals surface area contributed by atoms with Crippen LogP contribution in [-0.4, -0.2) is 44.0 Å². The average Bonchev–Trinajstić information content (AvgIpc) is 2.39. The number of hydrogen-bond donors (Lipinski definition) is 0. The van der Waals surface area contributed by atoms with Crippen LogP contribution in [0.3, 0.4) is 0 Å². The molecule has 1 aliphatic heterocycles. The SMILES string of the molecule is CN(C1CCOCC1)S(=O)(=O)c1cncc(Br)c1. The Hall–Kier alpha value is -0.500. The van der Waals surface area contributed by atoms with Gasteiger partial charge in [0.2, 0.25) is 10.0 Å². The lowest BCUT2D eigenvalue weighted by Gasteiger charge is -2.30. The molecule has 0 saturated carbocycles. The highest BCUT2D eigenvalue weighted by Gasteiger charge is 2.29. The smallest absolute Gasteiger partial charge is 0.244 e. The maximum absolute atomic E-state index is 12.4. The zero-order valence-electron chi connectivity index (χ0n) is 10.0. The molecule has 1 saturated heterocycles. The summed E-state index contributed by atoms with van der Waals surface area (Å²) in [6, 6.07) is 1.57. The molecule has 2 rings (SSSR count). The second-order valence-corrected chi connectivity index (χ2v) is 7.12. The van der Waals surface area contributed by atoms with Gasteiger partial charge in [0.25, 0.3) is 0 Å². The van der Waals surface area contributed by atoms with Crippen LogP contribution in [0.4, 0.5) is 0 Å². The maximum atomic E-state index is 12.4. The van der Waals surface area contributed by atoms with E-state index in [9.17, 15) is 8.42 Å². The number of pyridine rings is 1. The molecular formula is C11H15BrN2O3S. The van der Waals surface area contributed by atoms with Crippen molar-refractivity contribution < 1.29 is 13.2 Å². The standard InChI is InChI=1S/C11H15BrN2O3S/c1-14(10-2-4-17-5-3-10)18(15,16)11-6-9(12)7-13-8-11/h6-8,10H,2-5H2,1H3. The average molecular weight is 335 g/mol. The van der Waals surface area contributed by atoms with Crippen molar-refractivity contribution in [3.05, 3.63) is 22.9 Å². The highest BCUT2D eigenvalue weighted by atomic mass is 79.9. The summed E-state index contributed by atoms with van der Waals surface area (Å²) in [6.07, 6.45) is 4.40. The quantitative estimate of drug-likeness (QED) is 0.843. The molecule has 2 heterocycles. The van der Waals surface area contributed by atoms with Crippen LogP contribution in [0, 0.1) is 0 Å². The van der Waals surface area contributed by atoms with Crippen molar-refractivity contribution >= 4 is 26.0 Å². The molecule has 18 heavy (non-hydrogen) atoms. The van der Waals surface area contributed by atoms with Crippen molar-refractivity contribution in [3.8, 4) is 0 Å². The zero-order valence-corrected chi connectivity index (χ0v) is 12.4. The molecule has 1 fully saturated rings. The van der Waals surface area contributed by atoms with Gasteiger partial charge in [-0.2, -0.15) is 4.31 Å². The van der Waals surface area contributed by atoms with Crippen LogP contribution in [0.5, 0.6) is 0 Å². The molecule has 0 atom stereocenters. The Morgan fingerprint density at radius 2 is 2.06 bits per heavy atom. The van der Waals surface area contributed by atoms with Crippen molar-refractivity contribution in [3.63, 3.8) is 0 Å². The molecule has 100 valence electrons. The van der Waals surface area contributed by atoms with Crippen LogP contribution >= 0.6 is 15.9 Å². The summed E-state index contributed by atoms with van der Waals surface area (Å²) in [5.74, 6) is 0. The second-order valence-electron chi connectivity index (χ2n) is 4.20. The van der Waals surface area contributed by atoms with Gasteiger partial charge in [0.15, 0.2) is 0 Å². The Bertz CT molecular complexity index is 515. The van der Waals surface area contributed by atoms with Crippen LogP contribution in [0.25, 0.3) is 0 Å². The highest BCUT2D eigenvalue weighted by Crippen LogP contribution is 2.22. The van der Waals surface area contributed by atoms with Gasteiger partial charge in [-0.1, -0.05) is 0 Å². The van der Waals surface area contributed by atoms with E-state index >= 15 is 0 Å². The number of ether oxygens (including phenoxy) is 1. The first-order valence-electron chi connectivity index (χ1n) is 5.68. The molecule has 0 aliphatic carbocycles. The Morgan fingerprint density at radius 3 is 2.67 bits per heavy atom. The number of nitrogens with zero attached hydrogens (tertiary/aromatic N) is 2. The van der Waals surface area contributed by atoms with Crippen LogP contribution in [0.2, 0.25) is 0 Å². The van der Waals surface area contributed by atoms with E-state index in [1.165, 1.54) is 10.5 Å². The Balaban J connectivity index is 2.24. The fourth-order valence-corrected chi connectivity index (χ4v) is 3.87. The third-order valence-corrected chi connectivity index (χ3v) is 5.37. The second kappa shape index (κ2) is 5.64. The predicted molar refractivity (Wildman–Crippen MR) is 70.7 cm³/mol. The van der Waals surface area contributed by atoms with E-state index < -0.39 is 10.0 Å². The van der Waals surface area contributed by atoms with Gasteiger partial charge in [-0.25, -0.2) is 8.42 Å². The molecule has 0 amide bonds. The topological polar surface area (TPSA) is 59.5 Å². The van der Waals surface area contributed by atoms with Gasteiger partial charge >= 0.3 is 0 Å². The Morgan fingerprint density at radius 1 is 1.39 bits per heavy atom. The molecule has 0 bridgehead atoms. The fraction of sp³-hybridized carbons (Fsp3) is 0.545. The molecule has 1 aliphatic rings. The summed E-state index contributed by atoms with van der Waals surface area (Å²) in [7, 11) is -1.86. The molecular weight excluding hydrogens is 320 g/mol. The van der Waals surface area contributed by atoms with Crippen molar-refractivity contribution in [2.75, 3.05) is 20.3 Å². The van der Waals surface area contributed by atoms with E-state index in [4.69, 9.17) is 4.74 Å². The summed E-state index contributed by atoms with van der Waals surface area (Å²) < 4.78 is 32.1. The number of sulfonamides is 1. The number of aromatic nitrogens is 1. The first kappa shape index (κ1) is 13.9. The number of rotatable bonds is 3. The Kier molecular flexibility index (Phi) is 4.37. The van der Waals surface area contributed by atoms with Crippen molar-refractivity contribution in [1.82, 2.24) is 9.29 Å². The van der Waals surface area contributed by atoms with E-state index in [1.54, 1.807) is 19.3 Å². The van der Waals surface area contributed by atoms with Gasteiger partial charge in [-0.05, 0) is 34.8 Å². The molecule has 1 aromatic heterocycles. The first-order valence-corrected chi connectivity index (χ1v) is 7.91. The summed E-state index contributed by atoms with van der Waals surface area (Å²) in [5, 5.41) is 0. The van der Waals surface area contributed by atoms with E-state index in [0.29, 0.717) is 17.7 Å². The summed E-state index contributed by atoms with van der Waals surface area (Å²) in [4.78, 5) is 4.11. The van der Waals surface area contributed by atoms with Crippen LogP contribution in [-0.2, 0) is 14.8 Å². The minimum atomic E-state index is -3.48. The van der Waals surface area contributed by atoms with E-state index in [-0.39, 0.29) is 10.9 Å². The van der Waals surface area contributed by atoms with Crippen LogP contribution < -0.4 is 0 Å². The van der Waals surface area contributed by atoms with Crippen molar-refractivity contribution in [1.29, 1.82) is 0 Å². The summed E-state index contributed by atoms with van der Waals surface area (Å²) in [5.41, 5.74) is 0. The minimum absolute atomic E-state index is 0.00253. The highest BCUT2D eigenvalue weighted by molar-refractivity contribution is 9.10. The summed E-state index contributed by atoms with van der Waals surface area (Å²) >= 11 is 3.23. The lowest BCUT2D eigenvalue weighted by molar-refractivity contribution is 0.0632. The number of hydrogen-bond acceptors (Lipinski definition) is 4. The fourth-order valence-electron chi connectivity index (χ4n) is 1.94. The van der Waals surface area contributed by atoms with Gasteiger partial charge in [-0.15, -0.1) is 0 Å². The molecule has 0 spiro atoms. The molecule has 0 radical (unpaired) electrons. The van der Waals surface area contributed by atoms with Crippen LogP contribution in [0.1, 0.15) is 12.8 Å². The van der Waals surface area contributed by atoms with E-state index in [2.05, 4.69) is 20.9 Å². The third kappa shape index (κ3) is 2.90. The normalized spacial score (nSPS) is 18.2. The monoisotopic (exact) mass is 334 g/mol. The lowest BCUT2D eigenvalue weighted by atomic mass is 10.1. The largest absolute Gasteiger partial charge is 0.381 e. The Labute approximate surface area is 115 Å². The first-order chi connectivity index (χ1) is 8.51. The third-order valence-electron chi connectivity index (χ3n) is 3.06. The number of halogens is 1. The van der Waals surface area contributed by atoms with E-state index in [0.717, 1.165) is 12.8 Å². The van der Waals surface area contributed by atoms with Crippen LogP contribution in [0.15, 0.2) is 27.8 Å². The lowest BCUT2D eigenvalue weighted by Crippen LogP contribution is -2.40. The van der Waals surface area contributed by atoms with Gasteiger partial charge < -0.3 is 4.74 Å². The molecule has 7 heteroatoms. The molecule has 1 aromatic rings. The van der Waals surface area contributed by atoms with Crippen molar-refractivity contribution in [2.45, 2.75) is 23.8 Å². The maximum Gasteiger partial charge on any atom is 0.244 e. The summed E-state index contributed by atoms with van der Waals surface area (Å²) in [6.45, 7) is 1.22. The van der Waals surface area contributed by atoms with Gasteiger partial charge in [0, 0.05) is 43.2 Å². The molecule has 5 nitrogen and oxygen atoms in total. The van der Waals surface area contributed by atoms with Gasteiger partial charge in [-0.3, -0.25) is 4.98 Å².